The van der Waals surface area contributed by atoms with E-state index in [1.54, 1.807) is 6.20 Å². The number of rotatable bonds is 2. The second kappa shape index (κ2) is 4.56. The number of H-pyrrole nitrogens is 1. The van der Waals surface area contributed by atoms with Gasteiger partial charge in [-0.15, -0.1) is 0 Å². The highest BCUT2D eigenvalue weighted by Gasteiger charge is 2.42. The smallest absolute Gasteiger partial charge is 0.240 e. The van der Waals surface area contributed by atoms with Crippen LogP contribution in [0.15, 0.2) is 6.20 Å². The van der Waals surface area contributed by atoms with Crippen molar-refractivity contribution < 1.29 is 20.4 Å². The highest BCUT2D eigenvalue weighted by Crippen LogP contribution is 2.33. The van der Waals surface area contributed by atoms with Crippen LogP contribution in [-0.2, 0) is 0 Å². The van der Waals surface area contributed by atoms with Gasteiger partial charge >= 0.3 is 0 Å². The van der Waals surface area contributed by atoms with Gasteiger partial charge in [-0.25, -0.2) is 4.98 Å². The maximum Gasteiger partial charge on any atom is 0.240 e. The molecule has 1 aliphatic rings. The fraction of sp³-hybridized carbons (Fsp3) is 0.455. The maximum absolute atomic E-state index is 10.1. The van der Waals surface area contributed by atoms with E-state index in [1.165, 1.54) is 0 Å². The fourth-order valence-corrected chi connectivity index (χ4v) is 2.56. The van der Waals surface area contributed by atoms with E-state index >= 15 is 0 Å². The largest absolute Gasteiger partial charge is 0.492 e. The number of nitrogens with one attached hydrogen (secondary N) is 2. The van der Waals surface area contributed by atoms with Crippen molar-refractivity contribution >= 4 is 17.0 Å². The van der Waals surface area contributed by atoms with Gasteiger partial charge in [0.05, 0.1) is 24.8 Å². The van der Waals surface area contributed by atoms with Gasteiger partial charge in [0.2, 0.25) is 11.8 Å². The van der Waals surface area contributed by atoms with Gasteiger partial charge in [-0.1, -0.05) is 0 Å². The van der Waals surface area contributed by atoms with Gasteiger partial charge < -0.3 is 36.5 Å². The number of nitrogen functional groups attached to an aromatic ring is 1. The monoisotopic (exact) mass is 281 g/mol. The zero-order chi connectivity index (χ0) is 14.4. The van der Waals surface area contributed by atoms with E-state index in [2.05, 4.69) is 20.3 Å². The minimum atomic E-state index is -1.11. The topological polar surface area (TPSA) is 161 Å². The molecule has 4 atom stereocenters. The molecule has 0 aliphatic carbocycles. The molecule has 108 valence electrons. The minimum Gasteiger partial charge on any atom is -0.492 e. The highest BCUT2D eigenvalue weighted by molar-refractivity contribution is 5.84. The van der Waals surface area contributed by atoms with Gasteiger partial charge in [0.1, 0.15) is 17.1 Å². The molecule has 2 aromatic rings. The molecule has 0 bridgehead atoms. The number of aliphatic hydroxyl groups is 3. The lowest BCUT2D eigenvalue weighted by Gasteiger charge is -2.14. The van der Waals surface area contributed by atoms with Crippen molar-refractivity contribution in [3.63, 3.8) is 0 Å². The lowest BCUT2D eigenvalue weighted by Crippen LogP contribution is -2.35. The molecule has 9 heteroatoms. The Morgan fingerprint density at radius 1 is 1.25 bits per heavy atom. The van der Waals surface area contributed by atoms with Crippen LogP contribution in [0.3, 0.4) is 0 Å². The molecule has 1 fully saturated rings. The third-order valence-corrected chi connectivity index (χ3v) is 3.58. The third kappa shape index (κ3) is 1.79. The van der Waals surface area contributed by atoms with Crippen LogP contribution in [0.4, 0.5) is 5.95 Å². The lowest BCUT2D eigenvalue weighted by atomic mass is 10.0. The predicted octanol–water partition coefficient (Wildman–Crippen LogP) is -2.03. The quantitative estimate of drug-likeness (QED) is 0.332. The van der Waals surface area contributed by atoms with Gasteiger partial charge in [0.25, 0.3) is 0 Å². The van der Waals surface area contributed by atoms with Gasteiger partial charge in [-0.05, 0) is 0 Å². The van der Waals surface area contributed by atoms with E-state index in [0.29, 0.717) is 16.6 Å². The number of hydrogen-bond donors (Lipinski definition) is 7. The minimum absolute atomic E-state index is 0.0948. The van der Waals surface area contributed by atoms with Gasteiger partial charge in [0, 0.05) is 11.8 Å². The fourth-order valence-electron chi connectivity index (χ4n) is 2.56. The van der Waals surface area contributed by atoms with E-state index in [0.717, 1.165) is 0 Å². The van der Waals surface area contributed by atoms with Crippen LogP contribution in [0.5, 0.6) is 5.88 Å². The van der Waals surface area contributed by atoms with Crippen LogP contribution in [0.2, 0.25) is 0 Å². The molecule has 0 radical (unpaired) electrons. The zero-order valence-corrected chi connectivity index (χ0v) is 10.4. The summed E-state index contributed by atoms with van der Waals surface area (Å²) in [5.74, 6) is -0.381. The molecular weight excluding hydrogens is 266 g/mol. The maximum atomic E-state index is 10.1. The van der Waals surface area contributed by atoms with Gasteiger partial charge in [-0.2, -0.15) is 4.98 Å². The van der Waals surface area contributed by atoms with Crippen LogP contribution in [0.1, 0.15) is 11.6 Å². The summed E-state index contributed by atoms with van der Waals surface area (Å²) < 4.78 is 0. The van der Waals surface area contributed by atoms with E-state index in [1.807, 2.05) is 0 Å². The van der Waals surface area contributed by atoms with Gasteiger partial charge in [-0.3, -0.25) is 0 Å². The van der Waals surface area contributed by atoms with Crippen LogP contribution in [-0.4, -0.2) is 60.2 Å². The normalized spacial score (nSPS) is 30.1. The summed E-state index contributed by atoms with van der Waals surface area (Å²) >= 11 is 0. The first-order valence-electron chi connectivity index (χ1n) is 6.09. The van der Waals surface area contributed by atoms with Crippen molar-refractivity contribution in [3.05, 3.63) is 11.8 Å². The Morgan fingerprint density at radius 2 is 2.00 bits per heavy atom. The molecule has 0 saturated carbocycles. The average Bonchev–Trinajstić information content (AvgIpc) is 2.93. The molecule has 8 N–H and O–H groups in total. The Bertz CT molecular complexity index is 645. The molecule has 9 nitrogen and oxygen atoms in total. The standard InChI is InChI=1S/C11H15N5O4/c12-11-15-5-3(1-13-7(5)10(20)16-11)6-9(19)8(18)4(2-17)14-6/h1,4,6,8-9,13-14,17-19H,2H2,(H3,12,15,16,20)/t4-,6+,8-,9+/m1/s1. The molecule has 0 amide bonds. The number of aromatic amines is 1. The summed E-state index contributed by atoms with van der Waals surface area (Å²) in [6.45, 7) is -0.306. The summed E-state index contributed by atoms with van der Waals surface area (Å²) in [7, 11) is 0. The second-order valence-electron chi connectivity index (χ2n) is 4.79. The van der Waals surface area contributed by atoms with Gasteiger partial charge in [0.15, 0.2) is 0 Å². The number of anilines is 1. The van der Waals surface area contributed by atoms with Crippen LogP contribution in [0, 0.1) is 0 Å². The zero-order valence-electron chi connectivity index (χ0n) is 10.4. The molecule has 3 heterocycles. The lowest BCUT2D eigenvalue weighted by molar-refractivity contribution is 0.0196. The Labute approximate surface area is 113 Å². The average molecular weight is 281 g/mol. The van der Waals surface area contributed by atoms with Crippen molar-refractivity contribution in [2.75, 3.05) is 12.3 Å². The van der Waals surface area contributed by atoms with Crippen molar-refractivity contribution in [1.29, 1.82) is 0 Å². The van der Waals surface area contributed by atoms with Crippen molar-refractivity contribution in [2.45, 2.75) is 24.3 Å². The highest BCUT2D eigenvalue weighted by atomic mass is 16.3. The predicted molar refractivity (Wildman–Crippen MR) is 68.7 cm³/mol. The summed E-state index contributed by atoms with van der Waals surface area (Å²) in [6.07, 6.45) is -0.654. The Hall–Kier alpha value is -1.94. The molecule has 2 aromatic heterocycles. The van der Waals surface area contributed by atoms with E-state index in [9.17, 15) is 15.3 Å². The van der Waals surface area contributed by atoms with Crippen LogP contribution < -0.4 is 11.1 Å². The Morgan fingerprint density at radius 3 is 2.65 bits per heavy atom. The first kappa shape index (κ1) is 13.1. The Balaban J connectivity index is 2.07. The number of aliphatic hydroxyl groups excluding tert-OH is 3. The first-order valence-corrected chi connectivity index (χ1v) is 6.09. The summed E-state index contributed by atoms with van der Waals surface area (Å²) in [5.41, 5.74) is 6.69. The van der Waals surface area contributed by atoms with E-state index < -0.39 is 24.3 Å². The molecule has 1 saturated heterocycles. The molecule has 3 rings (SSSR count). The molecule has 0 unspecified atom stereocenters. The van der Waals surface area contributed by atoms with Crippen molar-refractivity contribution in [2.24, 2.45) is 0 Å². The van der Waals surface area contributed by atoms with Crippen LogP contribution in [0.25, 0.3) is 11.0 Å². The number of nitrogens with zero attached hydrogens (tertiary/aromatic N) is 2. The molecular formula is C11H15N5O4. The summed E-state index contributed by atoms with van der Waals surface area (Å²) in [5, 5.41) is 41.6. The van der Waals surface area contributed by atoms with Crippen molar-refractivity contribution in [1.82, 2.24) is 20.3 Å². The van der Waals surface area contributed by atoms with Crippen LogP contribution >= 0.6 is 0 Å². The van der Waals surface area contributed by atoms with Crippen molar-refractivity contribution in [3.8, 4) is 5.88 Å². The second-order valence-corrected chi connectivity index (χ2v) is 4.79. The summed E-state index contributed by atoms with van der Waals surface area (Å²) in [6, 6.07) is -1.27. The Kier molecular flexibility index (Phi) is 2.98. The third-order valence-electron chi connectivity index (χ3n) is 3.58. The number of nitrogens with two attached hydrogens (primary N) is 1. The molecule has 0 spiro atoms. The molecule has 1 aliphatic heterocycles. The number of hydrogen-bond acceptors (Lipinski definition) is 8. The first-order chi connectivity index (χ1) is 9.52. The molecule has 20 heavy (non-hydrogen) atoms. The summed E-state index contributed by atoms with van der Waals surface area (Å²) in [4.78, 5) is 10.5. The number of aromatic nitrogens is 3. The SMILES string of the molecule is Nc1nc(O)c2[nH]cc([C@@H]3N[C@H](CO)[C@@H](O)[C@H]3O)c2n1. The number of fused-ring (bicyclic) bond motifs is 1. The number of aromatic hydroxyl groups is 1. The van der Waals surface area contributed by atoms with E-state index in [-0.39, 0.29) is 18.4 Å². The van der Waals surface area contributed by atoms with E-state index in [4.69, 9.17) is 10.8 Å². The molecule has 0 aromatic carbocycles.